The first-order valence-electron chi connectivity index (χ1n) is 6.88. The Bertz CT molecular complexity index is 482. The number of benzene rings is 2. The van der Waals surface area contributed by atoms with E-state index in [1.807, 2.05) is 36.4 Å². The van der Waals surface area contributed by atoms with Crippen molar-refractivity contribution < 1.29 is 4.79 Å². The summed E-state index contributed by atoms with van der Waals surface area (Å²) in [6, 6.07) is 19.9. The van der Waals surface area contributed by atoms with Gasteiger partial charge in [0.2, 0.25) is 0 Å². The van der Waals surface area contributed by atoms with Gasteiger partial charge in [0.25, 0.3) is 0 Å². The van der Waals surface area contributed by atoms with Gasteiger partial charge in [-0.1, -0.05) is 60.7 Å². The van der Waals surface area contributed by atoms with E-state index in [1.54, 1.807) is 4.90 Å². The van der Waals surface area contributed by atoms with Gasteiger partial charge in [-0.05, 0) is 24.0 Å². The van der Waals surface area contributed by atoms with Gasteiger partial charge in [0.15, 0.2) is 0 Å². The molecule has 2 aromatic rings. The maximum atomic E-state index is 11.5. The SMILES string of the molecule is NC(=O)N(CCc1ccccc1)CCc1ccccc1. The molecule has 2 rings (SSSR count). The van der Waals surface area contributed by atoms with Gasteiger partial charge in [-0.2, -0.15) is 0 Å². The van der Waals surface area contributed by atoms with Crippen molar-refractivity contribution in [1.29, 1.82) is 0 Å². The number of primary amides is 1. The van der Waals surface area contributed by atoms with E-state index in [0.717, 1.165) is 12.8 Å². The van der Waals surface area contributed by atoms with Crippen LogP contribution in [0, 0.1) is 0 Å². The summed E-state index contributed by atoms with van der Waals surface area (Å²) in [5.74, 6) is 0. The molecule has 0 fully saturated rings. The summed E-state index contributed by atoms with van der Waals surface area (Å²) in [6.07, 6.45) is 1.66. The first-order valence-corrected chi connectivity index (χ1v) is 6.88. The highest BCUT2D eigenvalue weighted by molar-refractivity contribution is 5.72. The molecule has 3 nitrogen and oxygen atoms in total. The Balaban J connectivity index is 1.86. The van der Waals surface area contributed by atoms with E-state index in [2.05, 4.69) is 24.3 Å². The predicted octanol–water partition coefficient (Wildman–Crippen LogP) is 2.85. The molecule has 2 N–H and O–H groups in total. The van der Waals surface area contributed by atoms with Gasteiger partial charge in [-0.3, -0.25) is 0 Å². The first kappa shape index (κ1) is 14.1. The highest BCUT2D eigenvalue weighted by Crippen LogP contribution is 2.04. The topological polar surface area (TPSA) is 46.3 Å². The van der Waals surface area contributed by atoms with Crippen molar-refractivity contribution in [1.82, 2.24) is 4.90 Å². The van der Waals surface area contributed by atoms with Crippen molar-refractivity contribution in [2.24, 2.45) is 5.73 Å². The van der Waals surface area contributed by atoms with Crippen LogP contribution in [-0.2, 0) is 12.8 Å². The number of carbonyl (C=O) groups excluding carboxylic acids is 1. The molecule has 2 amide bonds. The number of nitrogens with two attached hydrogens (primary N) is 1. The maximum Gasteiger partial charge on any atom is 0.314 e. The average molecular weight is 268 g/mol. The fourth-order valence-electron chi connectivity index (χ4n) is 2.15. The third-order valence-electron chi connectivity index (χ3n) is 3.34. The van der Waals surface area contributed by atoms with Crippen molar-refractivity contribution in [3.05, 3.63) is 71.8 Å². The molecule has 0 radical (unpaired) electrons. The lowest BCUT2D eigenvalue weighted by Gasteiger charge is -2.20. The summed E-state index contributed by atoms with van der Waals surface area (Å²) in [5.41, 5.74) is 7.89. The Hall–Kier alpha value is -2.29. The molecule has 3 heteroatoms. The van der Waals surface area contributed by atoms with Gasteiger partial charge in [-0.25, -0.2) is 4.79 Å². The molecular formula is C17H20N2O. The lowest BCUT2D eigenvalue weighted by atomic mass is 10.1. The standard InChI is InChI=1S/C17H20N2O/c18-17(20)19(13-11-15-7-3-1-4-8-15)14-12-16-9-5-2-6-10-16/h1-10H,11-14H2,(H2,18,20). The van der Waals surface area contributed by atoms with E-state index in [4.69, 9.17) is 5.73 Å². The zero-order valence-electron chi connectivity index (χ0n) is 11.5. The molecule has 0 aliphatic rings. The zero-order valence-corrected chi connectivity index (χ0v) is 11.5. The first-order chi connectivity index (χ1) is 9.75. The van der Waals surface area contributed by atoms with E-state index < -0.39 is 0 Å². The predicted molar refractivity (Wildman–Crippen MR) is 81.4 cm³/mol. The van der Waals surface area contributed by atoms with Crippen molar-refractivity contribution in [3.63, 3.8) is 0 Å². The second-order valence-corrected chi connectivity index (χ2v) is 4.80. The number of rotatable bonds is 6. The molecule has 0 saturated heterocycles. The van der Waals surface area contributed by atoms with E-state index in [1.165, 1.54) is 11.1 Å². The summed E-state index contributed by atoms with van der Waals surface area (Å²) in [6.45, 7) is 1.32. The third kappa shape index (κ3) is 4.43. The van der Waals surface area contributed by atoms with Crippen LogP contribution in [0.25, 0.3) is 0 Å². The normalized spacial score (nSPS) is 10.2. The summed E-state index contributed by atoms with van der Waals surface area (Å²) < 4.78 is 0. The van der Waals surface area contributed by atoms with Crippen LogP contribution in [0.3, 0.4) is 0 Å². The molecule has 0 aromatic heterocycles. The summed E-state index contributed by atoms with van der Waals surface area (Å²) in [7, 11) is 0. The fourth-order valence-corrected chi connectivity index (χ4v) is 2.15. The Labute approximate surface area is 120 Å². The van der Waals surface area contributed by atoms with E-state index in [9.17, 15) is 4.79 Å². The smallest absolute Gasteiger partial charge is 0.314 e. The van der Waals surface area contributed by atoms with Gasteiger partial charge in [0.05, 0.1) is 0 Å². The van der Waals surface area contributed by atoms with Crippen LogP contribution in [0.15, 0.2) is 60.7 Å². The Kier molecular flexibility index (Phi) is 5.18. The van der Waals surface area contributed by atoms with Crippen LogP contribution in [0.1, 0.15) is 11.1 Å². The second kappa shape index (κ2) is 7.34. The third-order valence-corrected chi connectivity index (χ3v) is 3.34. The minimum atomic E-state index is -0.350. The molecule has 2 aromatic carbocycles. The lowest BCUT2D eigenvalue weighted by molar-refractivity contribution is 0.209. The van der Waals surface area contributed by atoms with Crippen molar-refractivity contribution >= 4 is 6.03 Å². The number of hydrogen-bond donors (Lipinski definition) is 1. The molecule has 104 valence electrons. The van der Waals surface area contributed by atoms with Crippen LogP contribution < -0.4 is 5.73 Å². The minimum absolute atomic E-state index is 0.350. The number of nitrogens with zero attached hydrogens (tertiary/aromatic N) is 1. The van der Waals surface area contributed by atoms with Gasteiger partial charge in [0, 0.05) is 13.1 Å². The molecule has 0 unspecified atom stereocenters. The average Bonchev–Trinajstić information content (AvgIpc) is 2.49. The number of hydrogen-bond acceptors (Lipinski definition) is 1. The summed E-state index contributed by atoms with van der Waals surface area (Å²) in [5, 5.41) is 0. The van der Waals surface area contributed by atoms with Crippen LogP contribution >= 0.6 is 0 Å². The maximum absolute atomic E-state index is 11.5. The quantitative estimate of drug-likeness (QED) is 0.860. The van der Waals surface area contributed by atoms with Crippen LogP contribution in [0.5, 0.6) is 0 Å². The molecule has 0 saturated carbocycles. The molecule has 0 heterocycles. The van der Waals surface area contributed by atoms with E-state index >= 15 is 0 Å². The highest BCUT2D eigenvalue weighted by Gasteiger charge is 2.09. The minimum Gasteiger partial charge on any atom is -0.351 e. The monoisotopic (exact) mass is 268 g/mol. The van der Waals surface area contributed by atoms with Crippen molar-refractivity contribution in [2.75, 3.05) is 13.1 Å². The molecule has 0 aliphatic carbocycles. The molecule has 20 heavy (non-hydrogen) atoms. The molecule has 0 bridgehead atoms. The van der Waals surface area contributed by atoms with E-state index in [0.29, 0.717) is 13.1 Å². The van der Waals surface area contributed by atoms with Crippen LogP contribution in [0.2, 0.25) is 0 Å². The largest absolute Gasteiger partial charge is 0.351 e. The lowest BCUT2D eigenvalue weighted by Crippen LogP contribution is -2.38. The number of amides is 2. The van der Waals surface area contributed by atoms with Crippen LogP contribution in [-0.4, -0.2) is 24.0 Å². The molecule has 0 atom stereocenters. The highest BCUT2D eigenvalue weighted by atomic mass is 16.2. The molecular weight excluding hydrogens is 248 g/mol. The van der Waals surface area contributed by atoms with Crippen LogP contribution in [0.4, 0.5) is 4.79 Å². The van der Waals surface area contributed by atoms with Gasteiger partial charge < -0.3 is 10.6 Å². The number of carbonyl (C=O) groups is 1. The zero-order chi connectivity index (χ0) is 14.2. The molecule has 0 spiro atoms. The fraction of sp³-hybridized carbons (Fsp3) is 0.235. The summed E-state index contributed by atoms with van der Waals surface area (Å²) in [4.78, 5) is 13.2. The Morgan fingerprint density at radius 3 is 1.55 bits per heavy atom. The Morgan fingerprint density at radius 1 is 0.800 bits per heavy atom. The Morgan fingerprint density at radius 2 is 1.20 bits per heavy atom. The van der Waals surface area contributed by atoms with Gasteiger partial charge in [0.1, 0.15) is 0 Å². The number of urea groups is 1. The van der Waals surface area contributed by atoms with Gasteiger partial charge >= 0.3 is 6.03 Å². The summed E-state index contributed by atoms with van der Waals surface area (Å²) >= 11 is 0. The molecule has 0 aliphatic heterocycles. The van der Waals surface area contributed by atoms with Crippen molar-refractivity contribution in [3.8, 4) is 0 Å². The second-order valence-electron chi connectivity index (χ2n) is 4.80. The van der Waals surface area contributed by atoms with Gasteiger partial charge in [-0.15, -0.1) is 0 Å². The van der Waals surface area contributed by atoms with Crippen molar-refractivity contribution in [2.45, 2.75) is 12.8 Å². The van der Waals surface area contributed by atoms with E-state index in [-0.39, 0.29) is 6.03 Å².